The lowest BCUT2D eigenvalue weighted by Gasteiger charge is -2.34. The highest BCUT2D eigenvalue weighted by molar-refractivity contribution is 6.09. The molecule has 3 aromatic heterocycles. The fourth-order valence-electron chi connectivity index (χ4n) is 9.17. The van der Waals surface area contributed by atoms with Crippen molar-refractivity contribution in [2.45, 2.75) is 98.7 Å². The van der Waals surface area contributed by atoms with Crippen LogP contribution in [0.15, 0.2) is 114 Å². The van der Waals surface area contributed by atoms with Crippen LogP contribution in [0.5, 0.6) is 0 Å². The normalized spacial score (nSPS) is 16.7. The van der Waals surface area contributed by atoms with Crippen LogP contribution < -0.4 is 4.57 Å². The predicted molar refractivity (Wildman–Crippen MR) is 238 cm³/mol. The summed E-state index contributed by atoms with van der Waals surface area (Å²) in [5.74, 6) is 0.883. The monoisotopic (exact) mass is 754 g/mol. The first-order chi connectivity index (χ1) is 28.9. The summed E-state index contributed by atoms with van der Waals surface area (Å²) in [5.41, 5.74) is 15.0. The fraction of sp³-hybridized carbons (Fsp3) is 0.321. The van der Waals surface area contributed by atoms with Gasteiger partial charge in [0.1, 0.15) is 11.3 Å². The zero-order valence-electron chi connectivity index (χ0n) is 38.6. The number of furan rings is 1. The highest BCUT2D eigenvalue weighted by Crippen LogP contribution is 2.45. The van der Waals surface area contributed by atoms with Crippen LogP contribution in [0.25, 0.3) is 72.4 Å². The standard InChI is InChI=1S/C53H56N3O/c1-32(2)44-30-41(39-22-20-37(21-23-39)36-16-18-38(19-17-36)40-26-28-53(7,8)29-27-40)31-45(33(3)4)49(44)56-47-13-11-10-12-46(47)55(9)52(56)48-34(5)14-24-42-43-25-15-35(6)54-51(43)57-50(42)48/h10-25,30-33,40H,26-29H2,1-9H3/q+1/i6D3,40D. The van der Waals surface area contributed by atoms with Crippen molar-refractivity contribution in [3.05, 3.63) is 137 Å². The van der Waals surface area contributed by atoms with E-state index in [1.165, 1.54) is 39.1 Å². The Morgan fingerprint density at radius 1 is 0.772 bits per heavy atom. The van der Waals surface area contributed by atoms with Crippen molar-refractivity contribution in [1.82, 2.24) is 9.55 Å². The summed E-state index contributed by atoms with van der Waals surface area (Å²) >= 11 is 0. The van der Waals surface area contributed by atoms with E-state index in [1.54, 1.807) is 6.07 Å². The van der Waals surface area contributed by atoms with Gasteiger partial charge in [0.2, 0.25) is 5.71 Å². The molecule has 4 nitrogen and oxygen atoms in total. The van der Waals surface area contributed by atoms with Crippen LogP contribution in [-0.4, -0.2) is 9.55 Å². The lowest BCUT2D eigenvalue weighted by Crippen LogP contribution is -2.30. The van der Waals surface area contributed by atoms with Crippen molar-refractivity contribution in [2.24, 2.45) is 12.5 Å². The molecule has 1 aliphatic rings. The first-order valence-corrected chi connectivity index (χ1v) is 20.7. The zero-order valence-corrected chi connectivity index (χ0v) is 34.6. The molecular weight excluding hydrogens is 695 g/mol. The summed E-state index contributed by atoms with van der Waals surface area (Å²) in [6, 6.07) is 38.6. The highest BCUT2D eigenvalue weighted by Gasteiger charge is 2.34. The summed E-state index contributed by atoms with van der Waals surface area (Å²) < 4.78 is 44.6. The Hall–Kier alpha value is -5.48. The summed E-state index contributed by atoms with van der Waals surface area (Å²) in [7, 11) is 2.12. The van der Waals surface area contributed by atoms with Crippen LogP contribution in [0.3, 0.4) is 0 Å². The number of nitrogens with zero attached hydrogens (tertiary/aromatic N) is 3. The van der Waals surface area contributed by atoms with Gasteiger partial charge < -0.3 is 4.42 Å². The van der Waals surface area contributed by atoms with E-state index in [4.69, 9.17) is 8.53 Å². The van der Waals surface area contributed by atoms with Crippen LogP contribution in [0.1, 0.15) is 118 Å². The van der Waals surface area contributed by atoms with E-state index in [2.05, 4.69) is 167 Å². The topological polar surface area (TPSA) is 34.8 Å². The lowest BCUT2D eigenvalue weighted by atomic mass is 9.71. The van der Waals surface area contributed by atoms with Gasteiger partial charge in [-0.05, 0) is 132 Å². The number of benzene rings is 5. The van der Waals surface area contributed by atoms with Gasteiger partial charge in [0.05, 0.1) is 7.05 Å². The largest absolute Gasteiger partial charge is 0.437 e. The Morgan fingerprint density at radius 3 is 2.00 bits per heavy atom. The molecule has 0 atom stereocenters. The summed E-state index contributed by atoms with van der Waals surface area (Å²) in [6.07, 6.45) is 4.01. The fourth-order valence-corrected chi connectivity index (χ4v) is 9.17. The Kier molecular flexibility index (Phi) is 8.10. The van der Waals surface area contributed by atoms with E-state index in [-0.39, 0.29) is 17.5 Å². The van der Waals surface area contributed by atoms with Gasteiger partial charge in [-0.3, -0.25) is 0 Å². The SMILES string of the molecule is [2H]C([2H])([2H])c1ccc2c(n1)oc1c(-c3n(-c4c(C(C)C)cc(-c5ccc(-c6ccc(C7([2H])CCC(C)(C)CC7)cc6)cc5)cc4C(C)C)c4ccccc4[n+]3C)c(C)ccc12. The van der Waals surface area contributed by atoms with Crippen molar-refractivity contribution in [3.63, 3.8) is 0 Å². The smallest absolute Gasteiger partial charge is 0.299 e. The molecular formula is C53H56N3O+. The summed E-state index contributed by atoms with van der Waals surface area (Å²) in [6.45, 7) is 13.5. The molecule has 0 unspecified atom stereocenters. The maximum absolute atomic E-state index is 9.26. The first-order valence-electron chi connectivity index (χ1n) is 22.7. The molecule has 3 heterocycles. The molecule has 57 heavy (non-hydrogen) atoms. The Labute approximate surface area is 343 Å². The molecule has 5 aromatic carbocycles. The van der Waals surface area contributed by atoms with Crippen molar-refractivity contribution >= 4 is 33.1 Å². The Balaban J connectivity index is 1.17. The third kappa shape index (κ3) is 6.48. The molecule has 8 aromatic rings. The average molecular weight is 755 g/mol. The van der Waals surface area contributed by atoms with E-state index in [0.29, 0.717) is 16.7 Å². The van der Waals surface area contributed by atoms with Gasteiger partial charge in [0, 0.05) is 33.1 Å². The van der Waals surface area contributed by atoms with Gasteiger partial charge in [-0.15, -0.1) is 0 Å². The second kappa shape index (κ2) is 14.2. The van der Waals surface area contributed by atoms with Gasteiger partial charge in [-0.2, -0.15) is 4.57 Å². The molecule has 1 fully saturated rings. The molecule has 0 radical (unpaired) electrons. The van der Waals surface area contributed by atoms with Crippen molar-refractivity contribution < 1.29 is 14.5 Å². The third-order valence-corrected chi connectivity index (χ3v) is 12.6. The maximum Gasteiger partial charge on any atom is 0.299 e. The molecule has 0 spiro atoms. The molecule has 288 valence electrons. The minimum atomic E-state index is -2.34. The molecule has 0 bridgehead atoms. The minimum Gasteiger partial charge on any atom is -0.437 e. The van der Waals surface area contributed by atoms with Crippen molar-refractivity contribution in [1.29, 1.82) is 0 Å². The number of rotatable bonds is 7. The number of aromatic nitrogens is 3. The highest BCUT2D eigenvalue weighted by atomic mass is 16.3. The van der Waals surface area contributed by atoms with Gasteiger partial charge in [-0.25, -0.2) is 9.55 Å². The number of para-hydroxylation sites is 2. The van der Waals surface area contributed by atoms with Crippen LogP contribution in [0.2, 0.25) is 0 Å². The van der Waals surface area contributed by atoms with Crippen LogP contribution >= 0.6 is 0 Å². The predicted octanol–water partition coefficient (Wildman–Crippen LogP) is 14.3. The number of pyridine rings is 1. The second-order valence-electron chi connectivity index (χ2n) is 17.7. The first kappa shape index (κ1) is 32.6. The second-order valence-corrected chi connectivity index (χ2v) is 17.7. The Bertz CT molecular complexity index is 2930. The number of hydrogen-bond donors (Lipinski definition) is 0. The van der Waals surface area contributed by atoms with E-state index in [0.717, 1.165) is 70.0 Å². The average Bonchev–Trinajstić information content (AvgIpc) is 3.75. The van der Waals surface area contributed by atoms with Gasteiger partial charge >= 0.3 is 0 Å². The molecule has 0 aliphatic heterocycles. The third-order valence-electron chi connectivity index (χ3n) is 12.6. The molecule has 4 heteroatoms. The van der Waals surface area contributed by atoms with E-state index < -0.39 is 12.7 Å². The van der Waals surface area contributed by atoms with E-state index in [9.17, 15) is 1.37 Å². The molecule has 9 rings (SSSR count). The van der Waals surface area contributed by atoms with E-state index >= 15 is 0 Å². The van der Waals surface area contributed by atoms with Gasteiger partial charge in [-0.1, -0.05) is 114 Å². The quantitative estimate of drug-likeness (QED) is 0.152. The molecule has 0 saturated heterocycles. The molecule has 1 saturated carbocycles. The lowest BCUT2D eigenvalue weighted by molar-refractivity contribution is -0.633. The molecule has 0 N–H and O–H groups in total. The molecule has 1 aliphatic carbocycles. The maximum atomic E-state index is 9.26. The van der Waals surface area contributed by atoms with Crippen molar-refractivity contribution in [2.75, 3.05) is 0 Å². The Morgan fingerprint density at radius 2 is 1.37 bits per heavy atom. The zero-order chi connectivity index (χ0) is 43.2. The van der Waals surface area contributed by atoms with Gasteiger partial charge in [0.15, 0.2) is 16.6 Å². The van der Waals surface area contributed by atoms with Gasteiger partial charge in [0.25, 0.3) is 5.82 Å². The van der Waals surface area contributed by atoms with Crippen LogP contribution in [-0.2, 0) is 7.05 Å². The number of aryl methyl sites for hydroxylation is 3. The van der Waals surface area contributed by atoms with E-state index in [1.807, 2.05) is 6.07 Å². The van der Waals surface area contributed by atoms with Crippen molar-refractivity contribution in [3.8, 4) is 39.3 Å². The minimum absolute atomic E-state index is 0.0190. The number of hydrogen-bond acceptors (Lipinski definition) is 2. The summed E-state index contributed by atoms with van der Waals surface area (Å²) in [5, 5.41) is 1.69. The number of fused-ring (bicyclic) bond motifs is 4. The molecule has 0 amide bonds. The van der Waals surface area contributed by atoms with Crippen LogP contribution in [0.4, 0.5) is 0 Å². The number of imidazole rings is 1. The summed E-state index contributed by atoms with van der Waals surface area (Å²) in [4.78, 5) is 4.51. The van der Waals surface area contributed by atoms with Crippen LogP contribution in [0, 0.1) is 19.2 Å².